The van der Waals surface area contributed by atoms with E-state index in [1.807, 2.05) is 0 Å². The topological polar surface area (TPSA) is 24.9 Å². The van der Waals surface area contributed by atoms with Gasteiger partial charge in [0.05, 0.1) is 26.4 Å². The van der Waals surface area contributed by atoms with Crippen molar-refractivity contribution in [2.24, 2.45) is 0 Å². The van der Waals surface area contributed by atoms with Gasteiger partial charge in [-0.1, -0.05) is 153 Å². The van der Waals surface area contributed by atoms with E-state index in [1.165, 1.54) is 151 Å². The first-order valence-corrected chi connectivity index (χ1v) is 19.5. The second-order valence-corrected chi connectivity index (χ2v) is 13.4. The van der Waals surface area contributed by atoms with Crippen LogP contribution in [0.4, 0.5) is 0 Å². The highest BCUT2D eigenvalue weighted by Crippen LogP contribution is 2.21. The molecule has 0 atom stereocenters. The first-order chi connectivity index (χ1) is 22.7. The Balaban J connectivity index is 1.67. The van der Waals surface area contributed by atoms with Gasteiger partial charge in [-0.2, -0.15) is 0 Å². The largest absolute Gasteiger partial charge is 0.375 e. The third-order valence-electron chi connectivity index (χ3n) is 9.19. The number of rotatable bonds is 31. The second-order valence-electron chi connectivity index (χ2n) is 13.4. The molecule has 0 radical (unpaired) electrons. The Morgan fingerprint density at radius 3 is 1.07 bits per heavy atom. The van der Waals surface area contributed by atoms with Crippen LogP contribution in [0.1, 0.15) is 142 Å². The third kappa shape index (κ3) is 19.8. The zero-order chi connectivity index (χ0) is 32.9. The molecule has 4 nitrogen and oxygen atoms in total. The molecule has 0 unspecified atom stereocenters. The van der Waals surface area contributed by atoms with Crippen molar-refractivity contribution in [3.63, 3.8) is 0 Å². The number of hydrogen-bond donors (Lipinski definition) is 0. The predicted molar refractivity (Wildman–Crippen MR) is 201 cm³/mol. The second kappa shape index (κ2) is 28.3. The number of hydrogen-bond acceptors (Lipinski definition) is 4. The normalized spacial score (nSPS) is 11.7. The van der Waals surface area contributed by atoms with Crippen molar-refractivity contribution < 1.29 is 9.47 Å². The first-order valence-electron chi connectivity index (χ1n) is 19.5. The van der Waals surface area contributed by atoms with Gasteiger partial charge >= 0.3 is 0 Å². The standard InChI is InChI=1S/C42H72N2O2/c1-5-9-13-15-17-19-31-43(29-11-7-3)33-35-45-37-39-21-25-41(26-22-39)42-27-23-40(24-28-42)38-46-36-34-44(30-12-8-4)32-20-18-16-14-10-6-2/h21-28H,5-20,29-38H2,1-4H3. The maximum Gasteiger partial charge on any atom is 0.0717 e. The molecule has 2 rings (SSSR count). The van der Waals surface area contributed by atoms with E-state index >= 15 is 0 Å². The highest BCUT2D eigenvalue weighted by atomic mass is 16.5. The van der Waals surface area contributed by atoms with Gasteiger partial charge in [-0.05, 0) is 74.1 Å². The minimum atomic E-state index is 0.685. The Kier molecular flexibility index (Phi) is 24.9. The van der Waals surface area contributed by atoms with Crippen molar-refractivity contribution >= 4 is 0 Å². The van der Waals surface area contributed by atoms with Crippen LogP contribution >= 0.6 is 0 Å². The van der Waals surface area contributed by atoms with E-state index in [0.29, 0.717) is 13.2 Å². The van der Waals surface area contributed by atoms with Crippen LogP contribution in [0.25, 0.3) is 11.1 Å². The van der Waals surface area contributed by atoms with E-state index in [1.54, 1.807) is 0 Å². The molecule has 0 fully saturated rings. The fourth-order valence-corrected chi connectivity index (χ4v) is 6.02. The molecule has 2 aromatic carbocycles. The summed E-state index contributed by atoms with van der Waals surface area (Å²) in [5.74, 6) is 0. The molecule has 262 valence electrons. The lowest BCUT2D eigenvalue weighted by atomic mass is 10.0. The molecule has 0 amide bonds. The molecular formula is C42H72N2O2. The molecule has 0 aliphatic heterocycles. The Morgan fingerprint density at radius 1 is 0.370 bits per heavy atom. The van der Waals surface area contributed by atoms with E-state index in [4.69, 9.17) is 9.47 Å². The number of benzene rings is 2. The summed E-state index contributed by atoms with van der Waals surface area (Å²) in [5.41, 5.74) is 4.99. The third-order valence-corrected chi connectivity index (χ3v) is 9.19. The van der Waals surface area contributed by atoms with Crippen LogP contribution in [-0.2, 0) is 22.7 Å². The van der Waals surface area contributed by atoms with Crippen LogP contribution in [0.5, 0.6) is 0 Å². The summed E-state index contributed by atoms with van der Waals surface area (Å²) in [6.07, 6.45) is 21.4. The average Bonchev–Trinajstić information content (AvgIpc) is 3.09. The summed E-state index contributed by atoms with van der Waals surface area (Å²) in [4.78, 5) is 5.22. The van der Waals surface area contributed by atoms with Crippen molar-refractivity contribution in [3.05, 3.63) is 59.7 Å². The molecule has 0 saturated carbocycles. The number of nitrogens with zero attached hydrogens (tertiary/aromatic N) is 2. The smallest absolute Gasteiger partial charge is 0.0717 e. The number of unbranched alkanes of at least 4 members (excludes halogenated alkanes) is 12. The van der Waals surface area contributed by atoms with Gasteiger partial charge in [-0.15, -0.1) is 0 Å². The van der Waals surface area contributed by atoms with Crippen LogP contribution in [-0.4, -0.2) is 62.3 Å². The van der Waals surface area contributed by atoms with Gasteiger partial charge in [0.25, 0.3) is 0 Å². The fourth-order valence-electron chi connectivity index (χ4n) is 6.02. The summed E-state index contributed by atoms with van der Waals surface area (Å²) in [6.45, 7) is 19.0. The molecule has 0 aromatic heterocycles. The molecule has 0 saturated heterocycles. The van der Waals surface area contributed by atoms with Crippen LogP contribution in [0.15, 0.2) is 48.5 Å². The van der Waals surface area contributed by atoms with Crippen molar-refractivity contribution in [2.75, 3.05) is 52.5 Å². The fraction of sp³-hybridized carbons (Fsp3) is 0.714. The van der Waals surface area contributed by atoms with Gasteiger partial charge in [0.2, 0.25) is 0 Å². The molecule has 0 bridgehead atoms. The highest BCUT2D eigenvalue weighted by molar-refractivity contribution is 5.63. The lowest BCUT2D eigenvalue weighted by molar-refractivity contribution is 0.0913. The quantitative estimate of drug-likeness (QED) is 0.0769. The summed E-state index contributed by atoms with van der Waals surface area (Å²) in [6, 6.07) is 17.8. The van der Waals surface area contributed by atoms with Crippen LogP contribution < -0.4 is 0 Å². The summed E-state index contributed by atoms with van der Waals surface area (Å²) >= 11 is 0. The Labute approximate surface area is 285 Å². The number of ether oxygens (including phenoxy) is 2. The summed E-state index contributed by atoms with van der Waals surface area (Å²) in [7, 11) is 0. The summed E-state index contributed by atoms with van der Waals surface area (Å²) in [5, 5.41) is 0. The minimum Gasteiger partial charge on any atom is -0.375 e. The van der Waals surface area contributed by atoms with E-state index in [0.717, 1.165) is 26.3 Å². The van der Waals surface area contributed by atoms with Gasteiger partial charge in [0.15, 0.2) is 0 Å². The maximum absolute atomic E-state index is 6.11. The molecule has 46 heavy (non-hydrogen) atoms. The van der Waals surface area contributed by atoms with Gasteiger partial charge in [0.1, 0.15) is 0 Å². The summed E-state index contributed by atoms with van der Waals surface area (Å²) < 4.78 is 12.2. The Bertz CT molecular complexity index is 852. The zero-order valence-corrected chi connectivity index (χ0v) is 30.7. The monoisotopic (exact) mass is 637 g/mol. The van der Waals surface area contributed by atoms with Crippen molar-refractivity contribution in [1.29, 1.82) is 0 Å². The lowest BCUT2D eigenvalue weighted by Gasteiger charge is -2.22. The van der Waals surface area contributed by atoms with Crippen LogP contribution in [0.3, 0.4) is 0 Å². The van der Waals surface area contributed by atoms with E-state index in [2.05, 4.69) is 86.0 Å². The van der Waals surface area contributed by atoms with Gasteiger partial charge in [0, 0.05) is 13.1 Å². The van der Waals surface area contributed by atoms with Gasteiger partial charge in [-0.25, -0.2) is 0 Å². The van der Waals surface area contributed by atoms with Gasteiger partial charge < -0.3 is 19.3 Å². The molecule has 0 N–H and O–H groups in total. The molecule has 0 aliphatic rings. The van der Waals surface area contributed by atoms with E-state index < -0.39 is 0 Å². The minimum absolute atomic E-state index is 0.685. The zero-order valence-electron chi connectivity index (χ0n) is 30.7. The van der Waals surface area contributed by atoms with Gasteiger partial charge in [-0.3, -0.25) is 0 Å². The molecule has 0 aliphatic carbocycles. The molecule has 0 spiro atoms. The molecular weight excluding hydrogens is 564 g/mol. The van der Waals surface area contributed by atoms with Crippen LogP contribution in [0, 0.1) is 0 Å². The Morgan fingerprint density at radius 2 is 0.696 bits per heavy atom. The lowest BCUT2D eigenvalue weighted by Crippen LogP contribution is -2.29. The van der Waals surface area contributed by atoms with Crippen LogP contribution in [0.2, 0.25) is 0 Å². The van der Waals surface area contributed by atoms with E-state index in [-0.39, 0.29) is 0 Å². The van der Waals surface area contributed by atoms with Crippen molar-refractivity contribution in [3.8, 4) is 11.1 Å². The average molecular weight is 637 g/mol. The maximum atomic E-state index is 6.11. The predicted octanol–water partition coefficient (Wildman–Crippen LogP) is 11.3. The van der Waals surface area contributed by atoms with Crippen molar-refractivity contribution in [1.82, 2.24) is 9.80 Å². The van der Waals surface area contributed by atoms with E-state index in [9.17, 15) is 0 Å². The molecule has 2 aromatic rings. The first kappa shape index (κ1) is 40.5. The SMILES string of the molecule is CCCCCCCCN(CCCC)CCOCc1ccc(-c2ccc(COCCN(CCCC)CCCCCCCC)cc2)cc1. The van der Waals surface area contributed by atoms with Crippen molar-refractivity contribution in [2.45, 2.75) is 144 Å². The molecule has 0 heterocycles. The Hall–Kier alpha value is -1.72. The molecule has 4 heteroatoms. The highest BCUT2D eigenvalue weighted by Gasteiger charge is 2.07.